The number of hydrogen-bond donors (Lipinski definition) is 3. The zero-order valence-corrected chi connectivity index (χ0v) is 19.7. The average molecular weight is 456 g/mol. The molecule has 0 spiro atoms. The van der Waals surface area contributed by atoms with Gasteiger partial charge in [-0.25, -0.2) is 0 Å². The van der Waals surface area contributed by atoms with E-state index in [1.165, 1.54) is 0 Å². The van der Waals surface area contributed by atoms with Crippen LogP contribution in [0.5, 0.6) is 0 Å². The van der Waals surface area contributed by atoms with Crippen molar-refractivity contribution in [2.45, 2.75) is 27.2 Å². The number of rotatable bonds is 8. The number of carbonyl (C=O) groups excluding carboxylic acids is 3. The first-order valence-corrected chi connectivity index (χ1v) is 11.6. The van der Waals surface area contributed by atoms with Gasteiger partial charge in [0, 0.05) is 41.5 Å². The summed E-state index contributed by atoms with van der Waals surface area (Å²) in [5.41, 5.74) is 4.66. The molecule has 0 radical (unpaired) electrons. The molecule has 0 aromatic heterocycles. The number of nitrogens with one attached hydrogen (secondary N) is 3. The second-order valence-electron chi connectivity index (χ2n) is 8.63. The normalized spacial score (nSPS) is 13.0. The van der Waals surface area contributed by atoms with Crippen LogP contribution in [0.3, 0.4) is 0 Å². The maximum atomic E-state index is 13.5. The van der Waals surface area contributed by atoms with Gasteiger partial charge in [0.2, 0.25) is 5.91 Å². The van der Waals surface area contributed by atoms with Crippen LogP contribution in [0.1, 0.15) is 57.7 Å². The fourth-order valence-electron chi connectivity index (χ4n) is 4.01. The Morgan fingerprint density at radius 3 is 2.03 bits per heavy atom. The largest absolute Gasteiger partial charge is 0.383 e. The van der Waals surface area contributed by atoms with Gasteiger partial charge in [-0.3, -0.25) is 14.4 Å². The summed E-state index contributed by atoms with van der Waals surface area (Å²) in [5.74, 6) is -0.419. The number of hydrogen-bond acceptors (Lipinski definition) is 5. The zero-order chi connectivity index (χ0) is 24.2. The standard InChI is InChI=1S/C28H29N3O3/c1-4-18(3)28(34)30-16-15-29-22-13-14-23(31-19-11-9-17(2)10-12-19)25-24(22)26(32)20-7-5-6-8-21(20)27(25)33/h5-14,18,29,31H,4,15-16H2,1-3H3,(H,30,34). The molecule has 0 saturated heterocycles. The molecule has 6 heteroatoms. The lowest BCUT2D eigenvalue weighted by atomic mass is 9.82. The van der Waals surface area contributed by atoms with E-state index in [0.29, 0.717) is 46.7 Å². The third-order valence-electron chi connectivity index (χ3n) is 6.21. The Kier molecular flexibility index (Phi) is 6.77. The Morgan fingerprint density at radius 1 is 0.824 bits per heavy atom. The minimum absolute atomic E-state index is 0.00385. The fourth-order valence-corrected chi connectivity index (χ4v) is 4.01. The van der Waals surface area contributed by atoms with Gasteiger partial charge in [-0.1, -0.05) is 55.8 Å². The minimum Gasteiger partial charge on any atom is -0.383 e. The molecule has 1 aliphatic rings. The maximum Gasteiger partial charge on any atom is 0.222 e. The van der Waals surface area contributed by atoms with Gasteiger partial charge in [0.15, 0.2) is 11.6 Å². The van der Waals surface area contributed by atoms with Gasteiger partial charge >= 0.3 is 0 Å². The SMILES string of the molecule is CCC(C)C(=O)NCCNc1ccc(Nc2ccc(C)cc2)c2c1C(=O)c1ccccc1C2=O. The Hall–Kier alpha value is -3.93. The first kappa shape index (κ1) is 23.2. The molecule has 6 nitrogen and oxygen atoms in total. The summed E-state index contributed by atoms with van der Waals surface area (Å²) >= 11 is 0. The van der Waals surface area contributed by atoms with E-state index in [2.05, 4.69) is 16.0 Å². The maximum absolute atomic E-state index is 13.5. The van der Waals surface area contributed by atoms with Crippen molar-refractivity contribution in [3.63, 3.8) is 0 Å². The van der Waals surface area contributed by atoms with Crippen LogP contribution in [0, 0.1) is 12.8 Å². The molecule has 4 rings (SSSR count). The van der Waals surface area contributed by atoms with Gasteiger partial charge in [0.05, 0.1) is 16.8 Å². The molecule has 3 aromatic carbocycles. The quantitative estimate of drug-likeness (QED) is 0.322. The van der Waals surface area contributed by atoms with Crippen molar-refractivity contribution < 1.29 is 14.4 Å². The van der Waals surface area contributed by atoms with E-state index in [-0.39, 0.29) is 23.4 Å². The van der Waals surface area contributed by atoms with Crippen LogP contribution >= 0.6 is 0 Å². The number of benzene rings is 3. The second-order valence-corrected chi connectivity index (χ2v) is 8.63. The molecule has 1 atom stereocenters. The molecular formula is C28H29N3O3. The van der Waals surface area contributed by atoms with Crippen LogP contribution in [0.2, 0.25) is 0 Å². The molecule has 3 N–H and O–H groups in total. The van der Waals surface area contributed by atoms with Crippen molar-refractivity contribution in [3.05, 3.63) is 88.5 Å². The van der Waals surface area contributed by atoms with E-state index in [9.17, 15) is 14.4 Å². The van der Waals surface area contributed by atoms with Gasteiger partial charge in [-0.2, -0.15) is 0 Å². The molecular weight excluding hydrogens is 426 g/mol. The molecule has 0 fully saturated rings. The van der Waals surface area contributed by atoms with Crippen molar-refractivity contribution in [3.8, 4) is 0 Å². The molecule has 3 aromatic rings. The van der Waals surface area contributed by atoms with Gasteiger partial charge in [0.25, 0.3) is 0 Å². The first-order valence-electron chi connectivity index (χ1n) is 11.6. The predicted octanol–water partition coefficient (Wildman–Crippen LogP) is 5.09. The van der Waals surface area contributed by atoms with E-state index in [1.54, 1.807) is 24.3 Å². The Labute approximate surface area is 199 Å². The molecule has 1 amide bonds. The molecule has 0 aliphatic heterocycles. The number of ketones is 2. The number of carbonyl (C=O) groups is 3. The van der Waals surface area contributed by atoms with E-state index < -0.39 is 0 Å². The highest BCUT2D eigenvalue weighted by Gasteiger charge is 2.33. The van der Waals surface area contributed by atoms with Gasteiger partial charge < -0.3 is 16.0 Å². The third kappa shape index (κ3) is 4.57. The number of aryl methyl sites for hydroxylation is 1. The smallest absolute Gasteiger partial charge is 0.222 e. The minimum atomic E-state index is -0.191. The van der Waals surface area contributed by atoms with Gasteiger partial charge in [0.1, 0.15) is 0 Å². The molecule has 0 saturated carbocycles. The van der Waals surface area contributed by atoms with E-state index in [0.717, 1.165) is 17.7 Å². The fraction of sp³-hybridized carbons (Fsp3) is 0.250. The van der Waals surface area contributed by atoms with Crippen molar-refractivity contribution in [1.82, 2.24) is 5.32 Å². The molecule has 0 heterocycles. The lowest BCUT2D eigenvalue weighted by Gasteiger charge is -2.24. The summed E-state index contributed by atoms with van der Waals surface area (Å²) in [6, 6.07) is 18.4. The Bertz CT molecular complexity index is 1250. The van der Waals surface area contributed by atoms with Crippen LogP contribution < -0.4 is 16.0 Å². The summed E-state index contributed by atoms with van der Waals surface area (Å²) in [5, 5.41) is 9.46. The van der Waals surface area contributed by atoms with Crippen LogP contribution in [-0.4, -0.2) is 30.6 Å². The van der Waals surface area contributed by atoms with Crippen LogP contribution in [0.25, 0.3) is 0 Å². The van der Waals surface area contributed by atoms with E-state index in [1.807, 2.05) is 57.2 Å². The molecule has 1 aliphatic carbocycles. The van der Waals surface area contributed by atoms with E-state index in [4.69, 9.17) is 0 Å². The second kappa shape index (κ2) is 9.91. The summed E-state index contributed by atoms with van der Waals surface area (Å²) in [6.07, 6.45) is 0.776. The molecule has 0 bridgehead atoms. The van der Waals surface area contributed by atoms with Crippen LogP contribution in [0.4, 0.5) is 17.1 Å². The predicted molar refractivity (Wildman–Crippen MR) is 135 cm³/mol. The summed E-state index contributed by atoms with van der Waals surface area (Å²) in [4.78, 5) is 39.1. The highest BCUT2D eigenvalue weighted by atomic mass is 16.2. The van der Waals surface area contributed by atoms with Crippen molar-refractivity contribution in [2.24, 2.45) is 5.92 Å². The number of fused-ring (bicyclic) bond motifs is 2. The zero-order valence-electron chi connectivity index (χ0n) is 19.7. The number of amides is 1. The highest BCUT2D eigenvalue weighted by molar-refractivity contribution is 6.32. The molecule has 34 heavy (non-hydrogen) atoms. The topological polar surface area (TPSA) is 87.3 Å². The lowest BCUT2D eigenvalue weighted by Crippen LogP contribution is -2.33. The summed E-state index contributed by atoms with van der Waals surface area (Å²) < 4.78 is 0. The first-order chi connectivity index (χ1) is 16.4. The Balaban J connectivity index is 1.66. The Morgan fingerprint density at radius 2 is 1.41 bits per heavy atom. The van der Waals surface area contributed by atoms with E-state index >= 15 is 0 Å². The molecule has 174 valence electrons. The number of anilines is 3. The van der Waals surface area contributed by atoms with Crippen molar-refractivity contribution in [2.75, 3.05) is 23.7 Å². The average Bonchev–Trinajstić information content (AvgIpc) is 2.86. The summed E-state index contributed by atoms with van der Waals surface area (Å²) in [6.45, 7) is 6.72. The molecule has 1 unspecified atom stereocenters. The summed E-state index contributed by atoms with van der Waals surface area (Å²) in [7, 11) is 0. The van der Waals surface area contributed by atoms with Crippen molar-refractivity contribution >= 4 is 34.5 Å². The van der Waals surface area contributed by atoms with Crippen molar-refractivity contribution in [1.29, 1.82) is 0 Å². The third-order valence-corrected chi connectivity index (χ3v) is 6.21. The van der Waals surface area contributed by atoms with Gasteiger partial charge in [-0.05, 0) is 37.6 Å². The van der Waals surface area contributed by atoms with Crippen LogP contribution in [-0.2, 0) is 4.79 Å². The van der Waals surface area contributed by atoms with Crippen LogP contribution in [0.15, 0.2) is 60.7 Å². The highest BCUT2D eigenvalue weighted by Crippen LogP contribution is 2.37. The monoisotopic (exact) mass is 455 g/mol. The lowest BCUT2D eigenvalue weighted by molar-refractivity contribution is -0.124. The van der Waals surface area contributed by atoms with Gasteiger partial charge in [-0.15, -0.1) is 0 Å².